The predicted octanol–water partition coefficient (Wildman–Crippen LogP) is 2.81. The van der Waals surface area contributed by atoms with Crippen LogP contribution in [0.2, 0.25) is 0 Å². The largest absolute Gasteiger partial charge is 0.381 e. The number of hydrogen-bond donors (Lipinski definition) is 1. The molecule has 0 aromatic heterocycles. The summed E-state index contributed by atoms with van der Waals surface area (Å²) in [5.41, 5.74) is 1.23. The van der Waals surface area contributed by atoms with E-state index in [-0.39, 0.29) is 11.2 Å². The zero-order valence-electron chi connectivity index (χ0n) is 12.8. The van der Waals surface area contributed by atoms with Gasteiger partial charge in [-0.1, -0.05) is 0 Å². The van der Waals surface area contributed by atoms with Gasteiger partial charge in [-0.3, -0.25) is 0 Å². The Bertz CT molecular complexity index is 452. The third-order valence-corrected chi connectivity index (χ3v) is 4.59. The summed E-state index contributed by atoms with van der Waals surface area (Å²) in [6.07, 6.45) is 4.94. The molecule has 21 heavy (non-hydrogen) atoms. The van der Waals surface area contributed by atoms with Crippen molar-refractivity contribution >= 4 is 5.69 Å². The van der Waals surface area contributed by atoms with Gasteiger partial charge >= 0.3 is 0 Å². The highest BCUT2D eigenvalue weighted by molar-refractivity contribution is 5.45. The fraction of sp³-hybridized carbons (Fsp3) is 0.647. The second kappa shape index (κ2) is 6.32. The molecule has 2 aliphatic rings. The standard InChI is InChI=1S/C17H25FN2O/c1-20(16-7-3-14(18)4-8-16)12-17(9-2-10-21-13-17)11-19-15-5-6-15/h3-4,7-8,15,19H,2,5-6,9-13H2,1H3. The van der Waals surface area contributed by atoms with Crippen LogP contribution in [0.4, 0.5) is 10.1 Å². The molecule has 0 bridgehead atoms. The molecule has 1 unspecified atom stereocenters. The minimum Gasteiger partial charge on any atom is -0.381 e. The third-order valence-electron chi connectivity index (χ3n) is 4.59. The Labute approximate surface area is 126 Å². The molecule has 1 aliphatic heterocycles. The fourth-order valence-corrected chi connectivity index (χ4v) is 3.17. The van der Waals surface area contributed by atoms with Crippen LogP contribution in [-0.4, -0.2) is 39.4 Å². The molecule has 0 radical (unpaired) electrons. The van der Waals surface area contributed by atoms with E-state index in [2.05, 4.69) is 17.3 Å². The first-order valence-corrected chi connectivity index (χ1v) is 7.95. The van der Waals surface area contributed by atoms with E-state index in [1.54, 1.807) is 0 Å². The van der Waals surface area contributed by atoms with E-state index >= 15 is 0 Å². The fourth-order valence-electron chi connectivity index (χ4n) is 3.17. The first-order chi connectivity index (χ1) is 10.2. The van der Waals surface area contributed by atoms with Crippen molar-refractivity contribution in [3.8, 4) is 0 Å². The Hall–Kier alpha value is -1.13. The summed E-state index contributed by atoms with van der Waals surface area (Å²) >= 11 is 0. The summed E-state index contributed by atoms with van der Waals surface area (Å²) < 4.78 is 18.8. The summed E-state index contributed by atoms with van der Waals surface area (Å²) in [5.74, 6) is -0.182. The van der Waals surface area contributed by atoms with Gasteiger partial charge in [-0.05, 0) is 49.9 Å². The van der Waals surface area contributed by atoms with Gasteiger partial charge in [0.15, 0.2) is 0 Å². The molecule has 3 nitrogen and oxygen atoms in total. The number of rotatable bonds is 6. The van der Waals surface area contributed by atoms with Crippen LogP contribution in [0.5, 0.6) is 0 Å². The van der Waals surface area contributed by atoms with Crippen LogP contribution in [0.25, 0.3) is 0 Å². The summed E-state index contributed by atoms with van der Waals surface area (Å²) in [4.78, 5) is 2.22. The molecule has 0 spiro atoms. The SMILES string of the molecule is CN(CC1(CNC2CC2)CCCOC1)c1ccc(F)cc1. The Morgan fingerprint density at radius 3 is 2.71 bits per heavy atom. The molecule has 4 heteroatoms. The van der Waals surface area contributed by atoms with Crippen molar-refractivity contribution in [2.45, 2.75) is 31.7 Å². The van der Waals surface area contributed by atoms with Gasteiger partial charge in [0.1, 0.15) is 5.82 Å². The molecule has 1 atom stereocenters. The number of benzene rings is 1. The van der Waals surface area contributed by atoms with Crippen LogP contribution >= 0.6 is 0 Å². The van der Waals surface area contributed by atoms with Crippen molar-refractivity contribution in [2.75, 3.05) is 38.3 Å². The number of nitrogens with one attached hydrogen (secondary N) is 1. The molecule has 0 amide bonds. The zero-order valence-corrected chi connectivity index (χ0v) is 12.8. The quantitative estimate of drug-likeness (QED) is 0.872. The lowest BCUT2D eigenvalue weighted by molar-refractivity contribution is -0.00292. The Kier molecular flexibility index (Phi) is 4.45. The Morgan fingerprint density at radius 2 is 2.10 bits per heavy atom. The molecule has 1 aliphatic carbocycles. The van der Waals surface area contributed by atoms with E-state index in [1.807, 2.05) is 12.1 Å². The number of ether oxygens (including phenoxy) is 1. The van der Waals surface area contributed by atoms with Crippen LogP contribution in [0.15, 0.2) is 24.3 Å². The number of hydrogen-bond acceptors (Lipinski definition) is 3. The van der Waals surface area contributed by atoms with Gasteiger partial charge in [0, 0.05) is 43.9 Å². The lowest BCUT2D eigenvalue weighted by Gasteiger charge is -2.40. The lowest BCUT2D eigenvalue weighted by Crippen LogP contribution is -2.48. The van der Waals surface area contributed by atoms with E-state index in [9.17, 15) is 4.39 Å². The van der Waals surface area contributed by atoms with Crippen molar-refractivity contribution in [1.82, 2.24) is 5.32 Å². The summed E-state index contributed by atoms with van der Waals surface area (Å²) in [6.45, 7) is 3.66. The van der Waals surface area contributed by atoms with Crippen molar-refractivity contribution in [3.63, 3.8) is 0 Å². The van der Waals surface area contributed by atoms with Gasteiger partial charge in [0.25, 0.3) is 0 Å². The van der Waals surface area contributed by atoms with E-state index in [0.29, 0.717) is 0 Å². The monoisotopic (exact) mass is 292 g/mol. The predicted molar refractivity (Wildman–Crippen MR) is 83.2 cm³/mol. The first kappa shape index (κ1) is 14.8. The van der Waals surface area contributed by atoms with Crippen molar-refractivity contribution in [3.05, 3.63) is 30.1 Å². The van der Waals surface area contributed by atoms with E-state index in [0.717, 1.165) is 44.5 Å². The molecule has 1 saturated heterocycles. The van der Waals surface area contributed by atoms with Gasteiger partial charge in [-0.2, -0.15) is 0 Å². The molecule has 3 rings (SSSR count). The third kappa shape index (κ3) is 3.95. The maximum atomic E-state index is 13.1. The highest BCUT2D eigenvalue weighted by Crippen LogP contribution is 2.32. The van der Waals surface area contributed by atoms with Gasteiger partial charge in [-0.25, -0.2) is 4.39 Å². The molecule has 2 fully saturated rings. The molecule has 1 aromatic carbocycles. The smallest absolute Gasteiger partial charge is 0.123 e. The van der Waals surface area contributed by atoms with Gasteiger partial charge in [-0.15, -0.1) is 0 Å². The summed E-state index contributed by atoms with van der Waals surface area (Å²) in [7, 11) is 2.08. The van der Waals surface area contributed by atoms with Crippen molar-refractivity contribution in [1.29, 1.82) is 0 Å². The minimum absolute atomic E-state index is 0.171. The average Bonchev–Trinajstić information content (AvgIpc) is 3.31. The Morgan fingerprint density at radius 1 is 1.33 bits per heavy atom. The molecule has 116 valence electrons. The second-order valence-corrected chi connectivity index (χ2v) is 6.64. The molecular formula is C17H25FN2O. The van der Waals surface area contributed by atoms with Crippen LogP contribution < -0.4 is 10.2 Å². The summed E-state index contributed by atoms with van der Waals surface area (Å²) in [5, 5.41) is 3.67. The van der Waals surface area contributed by atoms with Crippen LogP contribution in [-0.2, 0) is 4.74 Å². The molecule has 1 N–H and O–H groups in total. The zero-order chi connectivity index (χ0) is 14.7. The normalized spacial score (nSPS) is 25.8. The highest BCUT2D eigenvalue weighted by Gasteiger charge is 2.36. The number of nitrogens with zero attached hydrogens (tertiary/aromatic N) is 1. The number of anilines is 1. The maximum absolute atomic E-state index is 13.1. The van der Waals surface area contributed by atoms with Crippen molar-refractivity contribution in [2.24, 2.45) is 5.41 Å². The Balaban J connectivity index is 1.65. The average molecular weight is 292 g/mol. The number of halogens is 1. The van der Waals surface area contributed by atoms with E-state index in [4.69, 9.17) is 4.74 Å². The molecule has 1 aromatic rings. The summed E-state index contributed by atoms with van der Waals surface area (Å²) in [6, 6.07) is 7.47. The maximum Gasteiger partial charge on any atom is 0.123 e. The lowest BCUT2D eigenvalue weighted by atomic mass is 9.81. The van der Waals surface area contributed by atoms with Gasteiger partial charge < -0.3 is 15.0 Å². The van der Waals surface area contributed by atoms with Gasteiger partial charge in [0.2, 0.25) is 0 Å². The van der Waals surface area contributed by atoms with Crippen LogP contribution in [0, 0.1) is 11.2 Å². The van der Waals surface area contributed by atoms with E-state index in [1.165, 1.54) is 31.4 Å². The second-order valence-electron chi connectivity index (χ2n) is 6.64. The van der Waals surface area contributed by atoms with Crippen LogP contribution in [0.1, 0.15) is 25.7 Å². The minimum atomic E-state index is -0.182. The molecule has 1 saturated carbocycles. The van der Waals surface area contributed by atoms with Crippen molar-refractivity contribution < 1.29 is 9.13 Å². The van der Waals surface area contributed by atoms with E-state index < -0.39 is 0 Å². The highest BCUT2D eigenvalue weighted by atomic mass is 19.1. The van der Waals surface area contributed by atoms with Crippen LogP contribution in [0.3, 0.4) is 0 Å². The van der Waals surface area contributed by atoms with Gasteiger partial charge in [0.05, 0.1) is 6.61 Å². The molecular weight excluding hydrogens is 267 g/mol. The first-order valence-electron chi connectivity index (χ1n) is 7.95. The topological polar surface area (TPSA) is 24.5 Å². The molecule has 1 heterocycles.